The highest BCUT2D eigenvalue weighted by Crippen LogP contribution is 2.47. The van der Waals surface area contributed by atoms with Gasteiger partial charge in [0.05, 0.1) is 6.61 Å². The molecule has 14 heteroatoms. The first-order chi connectivity index (χ1) is 32.4. The van der Waals surface area contributed by atoms with Crippen LogP contribution in [0.2, 0.25) is 0 Å². The van der Waals surface area contributed by atoms with Crippen molar-refractivity contribution in [3.05, 3.63) is 24.3 Å². The average Bonchev–Trinajstić information content (AvgIpc) is 3.31. The third kappa shape index (κ3) is 35.1. The van der Waals surface area contributed by atoms with E-state index >= 15 is 0 Å². The van der Waals surface area contributed by atoms with Crippen molar-refractivity contribution in [1.29, 1.82) is 0 Å². The van der Waals surface area contributed by atoms with Crippen LogP contribution in [-0.2, 0) is 32.7 Å². The number of rotatable bonds is 46. The molecule has 394 valence electrons. The van der Waals surface area contributed by atoms with Crippen molar-refractivity contribution in [2.24, 2.45) is 0 Å². The van der Waals surface area contributed by atoms with Crippen molar-refractivity contribution in [2.45, 2.75) is 288 Å². The van der Waals surface area contributed by atoms with Gasteiger partial charge in [-0.25, -0.2) is 4.57 Å². The Bertz CT molecular complexity index is 1270. The Morgan fingerprint density at radius 2 is 0.761 bits per heavy atom. The number of aliphatic hydroxyl groups is 5. The Morgan fingerprint density at radius 3 is 1.13 bits per heavy atom. The number of hydrogen-bond donors (Lipinski definition) is 6. The molecule has 1 saturated carbocycles. The van der Waals surface area contributed by atoms with Gasteiger partial charge in [0.15, 0.2) is 6.10 Å². The highest BCUT2D eigenvalue weighted by atomic mass is 31.2. The summed E-state index contributed by atoms with van der Waals surface area (Å²) in [5, 5.41) is 50.3. The maximum Gasteiger partial charge on any atom is 0.472 e. The lowest BCUT2D eigenvalue weighted by Crippen LogP contribution is -2.64. The SMILES string of the molecule is CCCCCCCC/C=C/CCCCCCCCCCCCCC(=O)O[C@H](COC(=O)CCCCCCCCC/C=C/CCCCCCCC)COP(=O)(O)OC1C(O)C(O)C(O)[C@@H](O)C1O. The molecule has 0 aromatic rings. The molecule has 1 aliphatic rings. The summed E-state index contributed by atoms with van der Waals surface area (Å²) in [7, 11) is -5.12. The minimum absolute atomic E-state index is 0.0977. The highest BCUT2D eigenvalue weighted by Gasteiger charge is 2.51. The maximum atomic E-state index is 12.9. The summed E-state index contributed by atoms with van der Waals surface area (Å²) in [5.74, 6) is -1.09. The van der Waals surface area contributed by atoms with Crippen LogP contribution < -0.4 is 0 Å². The van der Waals surface area contributed by atoms with E-state index in [1.807, 2.05) is 0 Å². The van der Waals surface area contributed by atoms with E-state index in [-0.39, 0.29) is 12.8 Å². The minimum atomic E-state index is -5.12. The second-order valence-corrected chi connectivity index (χ2v) is 20.5. The van der Waals surface area contributed by atoms with Gasteiger partial charge in [-0.15, -0.1) is 0 Å². The largest absolute Gasteiger partial charge is 0.472 e. The maximum absolute atomic E-state index is 12.9. The van der Waals surface area contributed by atoms with Crippen LogP contribution in [-0.4, -0.2) is 98.3 Å². The predicted octanol–water partition coefficient (Wildman–Crippen LogP) is 12.0. The Kier molecular flexibility index (Phi) is 40.8. The Hall–Kier alpha value is -1.67. The summed E-state index contributed by atoms with van der Waals surface area (Å²) >= 11 is 0. The smallest absolute Gasteiger partial charge is 0.462 e. The summed E-state index contributed by atoms with van der Waals surface area (Å²) in [6.07, 6.45) is 36.5. The van der Waals surface area contributed by atoms with Crippen LogP contribution >= 0.6 is 7.82 Å². The van der Waals surface area contributed by atoms with Crippen molar-refractivity contribution in [2.75, 3.05) is 13.2 Å². The number of phosphoric acid groups is 1. The van der Waals surface area contributed by atoms with Gasteiger partial charge in [0.2, 0.25) is 0 Å². The first-order valence-corrected chi connectivity index (χ1v) is 28.6. The fourth-order valence-electron chi connectivity index (χ4n) is 8.40. The molecule has 0 heterocycles. The normalized spacial score (nSPS) is 21.3. The summed E-state index contributed by atoms with van der Waals surface area (Å²) in [6, 6.07) is 0. The zero-order valence-electron chi connectivity index (χ0n) is 42.2. The Balaban J connectivity index is 2.37. The number of hydrogen-bond acceptors (Lipinski definition) is 12. The molecule has 8 atom stereocenters. The number of unbranched alkanes of at least 4 members (excludes halogenated alkanes) is 30. The molecule has 6 unspecified atom stereocenters. The quantitative estimate of drug-likeness (QED) is 0.0145. The minimum Gasteiger partial charge on any atom is -0.462 e. The van der Waals surface area contributed by atoms with Crippen LogP contribution in [0.4, 0.5) is 0 Å². The number of carbonyl (C=O) groups excluding carboxylic acids is 2. The summed E-state index contributed by atoms with van der Waals surface area (Å²) in [5.41, 5.74) is 0. The average molecular weight is 975 g/mol. The molecule has 1 rings (SSSR count). The lowest BCUT2D eigenvalue weighted by Gasteiger charge is -2.41. The number of carbonyl (C=O) groups is 2. The molecule has 13 nitrogen and oxygen atoms in total. The van der Waals surface area contributed by atoms with E-state index < -0.39 is 75.7 Å². The van der Waals surface area contributed by atoms with Crippen LogP contribution in [0.5, 0.6) is 0 Å². The molecule has 0 bridgehead atoms. The van der Waals surface area contributed by atoms with Gasteiger partial charge in [-0.05, 0) is 64.2 Å². The van der Waals surface area contributed by atoms with Gasteiger partial charge in [-0.2, -0.15) is 0 Å². The highest BCUT2D eigenvalue weighted by molar-refractivity contribution is 7.47. The van der Waals surface area contributed by atoms with Crippen molar-refractivity contribution in [1.82, 2.24) is 0 Å². The molecule has 0 spiro atoms. The van der Waals surface area contributed by atoms with Gasteiger partial charge in [-0.3, -0.25) is 18.6 Å². The van der Waals surface area contributed by atoms with Crippen LogP contribution in [0.1, 0.15) is 245 Å². The molecule has 67 heavy (non-hydrogen) atoms. The molecular weight excluding hydrogens is 876 g/mol. The van der Waals surface area contributed by atoms with Crippen molar-refractivity contribution in [3.8, 4) is 0 Å². The van der Waals surface area contributed by atoms with Crippen molar-refractivity contribution < 1.29 is 63.1 Å². The number of allylic oxidation sites excluding steroid dienone is 4. The van der Waals surface area contributed by atoms with Crippen LogP contribution in [0, 0.1) is 0 Å². The summed E-state index contributed by atoms with van der Waals surface area (Å²) in [6.45, 7) is 3.33. The van der Waals surface area contributed by atoms with E-state index in [4.69, 9.17) is 18.5 Å². The van der Waals surface area contributed by atoms with E-state index in [0.29, 0.717) is 12.8 Å². The molecular formula is C53H99O13P. The number of phosphoric ester groups is 1. The standard InChI is InChI=1S/C53H99O13P/c1-3-5-7-9-11-13-15-17-19-21-22-23-24-26-28-30-32-34-36-38-40-42-47(55)65-45(44-64-67(61,62)66-53-51(59)49(57)48(56)50(58)52(53)60)43-63-46(54)41-39-37-35-33-31-29-27-25-20-18-16-14-12-10-8-6-4-2/h17-20,45,48-53,56-60H,3-16,21-44H2,1-2H3,(H,61,62)/b19-17+,20-18+/t45-,48?,49-,50?,51?,52?,53?/m1/s1. The number of esters is 2. The van der Waals surface area contributed by atoms with Crippen LogP contribution in [0.3, 0.4) is 0 Å². The predicted molar refractivity (Wildman–Crippen MR) is 267 cm³/mol. The molecule has 6 N–H and O–H groups in total. The fraction of sp³-hybridized carbons (Fsp3) is 0.887. The molecule has 0 aromatic carbocycles. The topological polar surface area (TPSA) is 210 Å². The molecule has 0 aliphatic heterocycles. The molecule has 0 radical (unpaired) electrons. The van der Waals surface area contributed by atoms with E-state index in [9.17, 15) is 44.6 Å². The molecule has 0 saturated heterocycles. The molecule has 1 fully saturated rings. The fourth-order valence-corrected chi connectivity index (χ4v) is 9.37. The van der Waals surface area contributed by atoms with E-state index in [0.717, 1.165) is 57.8 Å². The van der Waals surface area contributed by atoms with E-state index in [1.54, 1.807) is 0 Å². The Labute approximate surface area is 406 Å². The molecule has 1 aliphatic carbocycles. The Morgan fingerprint density at radius 1 is 0.448 bits per heavy atom. The first kappa shape index (κ1) is 63.3. The van der Waals surface area contributed by atoms with Gasteiger partial charge >= 0.3 is 19.8 Å². The lowest BCUT2D eigenvalue weighted by molar-refractivity contribution is -0.220. The number of ether oxygens (including phenoxy) is 2. The van der Waals surface area contributed by atoms with Gasteiger partial charge in [0.1, 0.15) is 43.2 Å². The summed E-state index contributed by atoms with van der Waals surface area (Å²) < 4.78 is 33.7. The van der Waals surface area contributed by atoms with Crippen molar-refractivity contribution >= 4 is 19.8 Å². The molecule has 0 amide bonds. The number of aliphatic hydroxyl groups excluding tert-OH is 5. The van der Waals surface area contributed by atoms with Gasteiger partial charge in [0, 0.05) is 12.8 Å². The van der Waals surface area contributed by atoms with Crippen molar-refractivity contribution in [3.63, 3.8) is 0 Å². The second kappa shape index (κ2) is 43.1. The van der Waals surface area contributed by atoms with E-state index in [2.05, 4.69) is 38.2 Å². The second-order valence-electron chi connectivity index (χ2n) is 19.1. The zero-order chi connectivity index (χ0) is 49.2. The third-order valence-corrected chi connectivity index (χ3v) is 13.8. The van der Waals surface area contributed by atoms with E-state index in [1.165, 1.54) is 148 Å². The third-order valence-electron chi connectivity index (χ3n) is 12.8. The van der Waals surface area contributed by atoms with Gasteiger partial charge < -0.3 is 39.9 Å². The van der Waals surface area contributed by atoms with Gasteiger partial charge in [-0.1, -0.05) is 192 Å². The lowest BCUT2D eigenvalue weighted by atomic mass is 9.85. The zero-order valence-corrected chi connectivity index (χ0v) is 43.1. The van der Waals surface area contributed by atoms with Crippen LogP contribution in [0.25, 0.3) is 0 Å². The van der Waals surface area contributed by atoms with Crippen LogP contribution in [0.15, 0.2) is 24.3 Å². The molecule has 0 aromatic heterocycles. The van der Waals surface area contributed by atoms with Gasteiger partial charge in [0.25, 0.3) is 0 Å². The monoisotopic (exact) mass is 975 g/mol. The summed E-state index contributed by atoms with van der Waals surface area (Å²) in [4.78, 5) is 35.9. The first-order valence-electron chi connectivity index (χ1n) is 27.1.